The van der Waals surface area contributed by atoms with Crippen molar-refractivity contribution in [2.45, 2.75) is 44.6 Å². The fourth-order valence-corrected chi connectivity index (χ4v) is 4.42. The van der Waals surface area contributed by atoms with Gasteiger partial charge in [-0.25, -0.2) is 0 Å². The molecule has 0 spiro atoms. The van der Waals surface area contributed by atoms with Gasteiger partial charge in [0.2, 0.25) is 5.91 Å². The molecule has 4 nitrogen and oxygen atoms in total. The van der Waals surface area contributed by atoms with Crippen LogP contribution in [0.4, 0.5) is 5.82 Å². The molecule has 2 fully saturated rings. The molecule has 1 aromatic heterocycles. The summed E-state index contributed by atoms with van der Waals surface area (Å²) >= 11 is 0. The Balaban J connectivity index is 1.50. The van der Waals surface area contributed by atoms with E-state index in [1.165, 1.54) is 24.8 Å². The van der Waals surface area contributed by atoms with Crippen LogP contribution in [0.5, 0.6) is 0 Å². The number of nitrogens with zero attached hydrogens (tertiary/aromatic N) is 2. The highest BCUT2D eigenvalue weighted by molar-refractivity contribution is 5.93. The first-order valence-corrected chi connectivity index (χ1v) is 8.66. The number of carbonyl (C=O) groups excluding carboxylic acids is 1. The zero-order chi connectivity index (χ0) is 15.6. The van der Waals surface area contributed by atoms with Crippen LogP contribution in [0, 0.1) is 11.8 Å². The number of aryl methyl sites for hydroxylation is 1. The molecule has 2 bridgehead atoms. The summed E-state index contributed by atoms with van der Waals surface area (Å²) in [5.74, 6) is 2.57. The summed E-state index contributed by atoms with van der Waals surface area (Å²) in [6.45, 7) is 0. The number of fused-ring (bicyclic) bond motifs is 2. The van der Waals surface area contributed by atoms with Crippen molar-refractivity contribution in [2.24, 2.45) is 11.8 Å². The lowest BCUT2D eigenvalue weighted by atomic mass is 9.93. The predicted molar refractivity (Wildman–Crippen MR) is 90.1 cm³/mol. The minimum Gasteiger partial charge on any atom is -0.294 e. The van der Waals surface area contributed by atoms with Gasteiger partial charge < -0.3 is 0 Å². The first-order valence-electron chi connectivity index (χ1n) is 8.66. The van der Waals surface area contributed by atoms with Gasteiger partial charge in [-0.05, 0) is 43.1 Å². The second-order valence-electron chi connectivity index (χ2n) is 6.93. The summed E-state index contributed by atoms with van der Waals surface area (Å²) in [5.41, 5.74) is 1.22. The van der Waals surface area contributed by atoms with Gasteiger partial charge >= 0.3 is 0 Å². The van der Waals surface area contributed by atoms with E-state index in [9.17, 15) is 4.79 Å². The van der Waals surface area contributed by atoms with Gasteiger partial charge in [-0.1, -0.05) is 36.8 Å². The minimum atomic E-state index is 0.218. The van der Waals surface area contributed by atoms with Crippen LogP contribution >= 0.6 is 0 Å². The Morgan fingerprint density at radius 1 is 1.17 bits per heavy atom. The van der Waals surface area contributed by atoms with E-state index in [2.05, 4.69) is 22.3 Å². The molecule has 4 heteroatoms. The third-order valence-corrected chi connectivity index (χ3v) is 5.52. The van der Waals surface area contributed by atoms with Crippen molar-refractivity contribution in [1.82, 2.24) is 10.2 Å². The number of benzene rings is 1. The number of anilines is 1. The van der Waals surface area contributed by atoms with Crippen LogP contribution in [0.25, 0.3) is 0 Å². The zero-order valence-electron chi connectivity index (χ0n) is 13.3. The number of rotatable bonds is 5. The molecule has 1 heterocycles. The third kappa shape index (κ3) is 2.90. The number of nitrogens with one attached hydrogen (secondary N) is 1. The fourth-order valence-electron chi connectivity index (χ4n) is 4.42. The number of H-pyrrole nitrogens is 1. The molecule has 2 saturated carbocycles. The summed E-state index contributed by atoms with van der Waals surface area (Å²) in [6, 6.07) is 12.5. The normalized spacial score (nSPS) is 25.7. The summed E-state index contributed by atoms with van der Waals surface area (Å²) in [6.07, 6.45) is 8.15. The standard InChI is InChI=1S/C19H23N3O/c23-19(9-7-14-4-2-1-3-5-14)22(18-10-11-20-21-18)17-13-15-6-8-16(17)12-15/h1-5,10-11,15-17H,6-9,12-13H2,(H,20,21). The Labute approximate surface area is 136 Å². The Hall–Kier alpha value is -2.10. The molecule has 1 amide bonds. The van der Waals surface area contributed by atoms with Crippen LogP contribution < -0.4 is 4.90 Å². The molecule has 0 radical (unpaired) electrons. The van der Waals surface area contributed by atoms with E-state index in [1.54, 1.807) is 6.20 Å². The van der Waals surface area contributed by atoms with Crippen molar-refractivity contribution in [3.63, 3.8) is 0 Å². The molecule has 0 saturated heterocycles. The van der Waals surface area contributed by atoms with E-state index in [0.717, 1.165) is 24.6 Å². The largest absolute Gasteiger partial charge is 0.294 e. The van der Waals surface area contributed by atoms with E-state index in [4.69, 9.17) is 0 Å². The molecule has 120 valence electrons. The lowest BCUT2D eigenvalue weighted by molar-refractivity contribution is -0.119. The van der Waals surface area contributed by atoms with Crippen molar-refractivity contribution >= 4 is 11.7 Å². The second kappa shape index (κ2) is 6.19. The van der Waals surface area contributed by atoms with Crippen molar-refractivity contribution in [3.05, 3.63) is 48.2 Å². The monoisotopic (exact) mass is 309 g/mol. The maximum atomic E-state index is 13.0. The number of aromatic nitrogens is 2. The van der Waals surface area contributed by atoms with Gasteiger partial charge in [0, 0.05) is 18.5 Å². The van der Waals surface area contributed by atoms with Gasteiger partial charge in [-0.15, -0.1) is 0 Å². The van der Waals surface area contributed by atoms with Gasteiger partial charge in [0.1, 0.15) is 5.82 Å². The van der Waals surface area contributed by atoms with E-state index in [1.807, 2.05) is 29.2 Å². The average molecular weight is 309 g/mol. The molecule has 2 aliphatic carbocycles. The molecule has 2 aromatic rings. The van der Waals surface area contributed by atoms with Crippen LogP contribution in [-0.4, -0.2) is 22.1 Å². The highest BCUT2D eigenvalue weighted by atomic mass is 16.2. The quantitative estimate of drug-likeness (QED) is 0.918. The van der Waals surface area contributed by atoms with E-state index < -0.39 is 0 Å². The van der Waals surface area contributed by atoms with Crippen LogP contribution in [0.3, 0.4) is 0 Å². The van der Waals surface area contributed by atoms with E-state index in [-0.39, 0.29) is 5.91 Å². The summed E-state index contributed by atoms with van der Waals surface area (Å²) in [7, 11) is 0. The SMILES string of the molecule is O=C(CCc1ccccc1)N(c1ccn[nH]1)C1CC2CCC1C2. The number of hydrogen-bond donors (Lipinski definition) is 1. The van der Waals surface area contributed by atoms with Crippen LogP contribution in [-0.2, 0) is 11.2 Å². The van der Waals surface area contributed by atoms with E-state index >= 15 is 0 Å². The molecule has 4 rings (SSSR count). The summed E-state index contributed by atoms with van der Waals surface area (Å²) in [5, 5.41) is 7.07. The summed E-state index contributed by atoms with van der Waals surface area (Å²) < 4.78 is 0. The molecule has 2 aliphatic rings. The Bertz CT molecular complexity index is 653. The number of hydrogen-bond acceptors (Lipinski definition) is 2. The van der Waals surface area contributed by atoms with Gasteiger partial charge in [0.15, 0.2) is 0 Å². The minimum absolute atomic E-state index is 0.218. The highest BCUT2D eigenvalue weighted by Gasteiger charge is 2.44. The van der Waals surface area contributed by atoms with Gasteiger partial charge in [-0.3, -0.25) is 14.8 Å². The Morgan fingerprint density at radius 3 is 2.70 bits per heavy atom. The van der Waals surface area contributed by atoms with Crippen LogP contribution in [0.1, 0.15) is 37.7 Å². The molecule has 0 aliphatic heterocycles. The van der Waals surface area contributed by atoms with Gasteiger partial charge in [0.05, 0.1) is 6.20 Å². The molecule has 3 unspecified atom stereocenters. The van der Waals surface area contributed by atoms with Gasteiger partial charge in [0.25, 0.3) is 0 Å². The van der Waals surface area contributed by atoms with E-state index in [0.29, 0.717) is 18.4 Å². The lowest BCUT2D eigenvalue weighted by Crippen LogP contribution is -2.44. The maximum Gasteiger partial charge on any atom is 0.228 e. The van der Waals surface area contributed by atoms with Crippen molar-refractivity contribution in [2.75, 3.05) is 4.90 Å². The van der Waals surface area contributed by atoms with Crippen molar-refractivity contribution in [1.29, 1.82) is 0 Å². The Morgan fingerprint density at radius 2 is 2.04 bits per heavy atom. The lowest BCUT2D eigenvalue weighted by Gasteiger charge is -2.33. The molecular formula is C19H23N3O. The molecule has 23 heavy (non-hydrogen) atoms. The topological polar surface area (TPSA) is 49.0 Å². The fraction of sp³-hybridized carbons (Fsp3) is 0.474. The highest BCUT2D eigenvalue weighted by Crippen LogP contribution is 2.47. The smallest absolute Gasteiger partial charge is 0.228 e. The maximum absolute atomic E-state index is 13.0. The predicted octanol–water partition coefficient (Wildman–Crippen LogP) is 3.56. The Kier molecular flexibility index (Phi) is 3.90. The average Bonchev–Trinajstić information content (AvgIpc) is 3.32. The molecule has 1 N–H and O–H groups in total. The number of aromatic amines is 1. The van der Waals surface area contributed by atoms with Crippen molar-refractivity contribution < 1.29 is 4.79 Å². The first-order chi connectivity index (χ1) is 11.3. The van der Waals surface area contributed by atoms with Gasteiger partial charge in [-0.2, -0.15) is 5.10 Å². The third-order valence-electron chi connectivity index (χ3n) is 5.52. The molecule has 3 atom stereocenters. The first kappa shape index (κ1) is 14.5. The zero-order valence-corrected chi connectivity index (χ0v) is 13.3. The second-order valence-corrected chi connectivity index (χ2v) is 6.93. The van der Waals surface area contributed by atoms with Crippen molar-refractivity contribution in [3.8, 4) is 0 Å². The molecule has 1 aromatic carbocycles. The van der Waals surface area contributed by atoms with Crippen LogP contribution in [0.2, 0.25) is 0 Å². The number of amides is 1. The van der Waals surface area contributed by atoms with Crippen LogP contribution in [0.15, 0.2) is 42.6 Å². The molecular weight excluding hydrogens is 286 g/mol. The summed E-state index contributed by atoms with van der Waals surface area (Å²) in [4.78, 5) is 15.0. The number of carbonyl (C=O) groups is 1.